The summed E-state index contributed by atoms with van der Waals surface area (Å²) in [5, 5.41) is 2.96. The average molecular weight is 391 g/mol. The quantitative estimate of drug-likeness (QED) is 0.696. The summed E-state index contributed by atoms with van der Waals surface area (Å²) in [6, 6.07) is 11.4. The highest BCUT2D eigenvalue weighted by molar-refractivity contribution is 5.91. The van der Waals surface area contributed by atoms with Crippen LogP contribution in [0.25, 0.3) is 0 Å². The zero-order chi connectivity index (χ0) is 20.2. The Bertz CT molecular complexity index is 980. The van der Waals surface area contributed by atoms with Crippen molar-refractivity contribution >= 4 is 11.7 Å². The van der Waals surface area contributed by atoms with Gasteiger partial charge in [0.1, 0.15) is 11.6 Å². The number of aromatic nitrogens is 3. The van der Waals surface area contributed by atoms with Crippen LogP contribution in [0.3, 0.4) is 0 Å². The predicted molar refractivity (Wildman–Crippen MR) is 111 cm³/mol. The third kappa shape index (κ3) is 4.08. The fourth-order valence-corrected chi connectivity index (χ4v) is 3.54. The van der Waals surface area contributed by atoms with E-state index in [2.05, 4.69) is 26.8 Å². The van der Waals surface area contributed by atoms with E-state index in [0.717, 1.165) is 18.1 Å². The number of urea groups is 1. The molecule has 4 rings (SSSR count). The lowest BCUT2D eigenvalue weighted by atomic mass is 9.99. The topological polar surface area (TPSA) is 72.3 Å². The maximum absolute atomic E-state index is 12.6. The molecule has 2 aromatic heterocycles. The first kappa shape index (κ1) is 19.0. The lowest BCUT2D eigenvalue weighted by Crippen LogP contribution is -2.51. The molecule has 0 radical (unpaired) electrons. The standard InChI is InChI=1S/C22H25N5O2/c1-3-29-20-7-5-4-6-19(20)25-22(28)26-14-18(15-26)21-24-12-16(2)27(21)13-17-8-10-23-11-9-17/h4-12,18H,3,13-15H2,1-2H3,(H,25,28). The number of nitrogens with zero attached hydrogens (tertiary/aromatic N) is 4. The molecule has 0 unspecified atom stereocenters. The van der Waals surface area contributed by atoms with Crippen molar-refractivity contribution in [3.05, 3.63) is 72.1 Å². The SMILES string of the molecule is CCOc1ccccc1NC(=O)N1CC(c2ncc(C)n2Cc2ccncc2)C1. The van der Waals surface area contributed by atoms with Crippen LogP contribution in [0.15, 0.2) is 55.0 Å². The first-order chi connectivity index (χ1) is 14.2. The Morgan fingerprint density at radius 2 is 1.97 bits per heavy atom. The highest BCUT2D eigenvalue weighted by Gasteiger charge is 2.35. The van der Waals surface area contributed by atoms with Crippen molar-refractivity contribution in [3.63, 3.8) is 0 Å². The second-order valence-electron chi connectivity index (χ2n) is 7.16. The van der Waals surface area contributed by atoms with E-state index < -0.39 is 0 Å². The van der Waals surface area contributed by atoms with Gasteiger partial charge in [0.2, 0.25) is 0 Å². The second-order valence-corrected chi connectivity index (χ2v) is 7.16. The van der Waals surface area contributed by atoms with Gasteiger partial charge < -0.3 is 19.5 Å². The van der Waals surface area contributed by atoms with E-state index in [1.165, 1.54) is 5.56 Å². The highest BCUT2D eigenvalue weighted by Crippen LogP contribution is 2.29. The lowest BCUT2D eigenvalue weighted by Gasteiger charge is -2.39. The number of rotatable bonds is 6. The van der Waals surface area contributed by atoms with Crippen LogP contribution in [0.5, 0.6) is 5.75 Å². The van der Waals surface area contributed by atoms with Crippen LogP contribution < -0.4 is 10.1 Å². The smallest absolute Gasteiger partial charge is 0.321 e. The molecular weight excluding hydrogens is 366 g/mol. The highest BCUT2D eigenvalue weighted by atomic mass is 16.5. The van der Waals surface area contributed by atoms with Crippen LogP contribution in [-0.2, 0) is 6.54 Å². The molecule has 1 aromatic carbocycles. The maximum Gasteiger partial charge on any atom is 0.321 e. The summed E-state index contributed by atoms with van der Waals surface area (Å²) in [6.07, 6.45) is 5.51. The molecular formula is C22H25N5O2. The number of imidazole rings is 1. The van der Waals surface area contributed by atoms with Gasteiger partial charge in [0.05, 0.1) is 18.2 Å². The van der Waals surface area contributed by atoms with Crippen molar-refractivity contribution in [2.24, 2.45) is 0 Å². The van der Waals surface area contributed by atoms with Gasteiger partial charge in [-0.25, -0.2) is 9.78 Å². The minimum absolute atomic E-state index is 0.114. The molecule has 0 aliphatic carbocycles. The zero-order valence-corrected chi connectivity index (χ0v) is 16.7. The van der Waals surface area contributed by atoms with Gasteiger partial charge in [0.15, 0.2) is 0 Å². The molecule has 29 heavy (non-hydrogen) atoms. The van der Waals surface area contributed by atoms with Gasteiger partial charge in [-0.1, -0.05) is 12.1 Å². The third-order valence-electron chi connectivity index (χ3n) is 5.14. The molecule has 7 nitrogen and oxygen atoms in total. The summed E-state index contributed by atoms with van der Waals surface area (Å²) < 4.78 is 7.81. The number of carbonyl (C=O) groups is 1. The Hall–Kier alpha value is -3.35. The molecule has 1 fully saturated rings. The number of ether oxygens (including phenoxy) is 1. The van der Waals surface area contributed by atoms with E-state index >= 15 is 0 Å². The largest absolute Gasteiger partial charge is 0.492 e. The average Bonchev–Trinajstić information content (AvgIpc) is 3.04. The number of hydrogen-bond donors (Lipinski definition) is 1. The van der Waals surface area contributed by atoms with Crippen molar-refractivity contribution in [1.82, 2.24) is 19.4 Å². The molecule has 0 bridgehead atoms. The molecule has 0 atom stereocenters. The summed E-state index contributed by atoms with van der Waals surface area (Å²) in [6.45, 7) is 6.59. The van der Waals surface area contributed by atoms with E-state index in [9.17, 15) is 4.79 Å². The van der Waals surface area contributed by atoms with E-state index in [-0.39, 0.29) is 11.9 Å². The van der Waals surface area contributed by atoms with E-state index in [1.54, 1.807) is 17.3 Å². The number of benzene rings is 1. The number of amides is 2. The summed E-state index contributed by atoms with van der Waals surface area (Å²) in [4.78, 5) is 23.1. The number of pyridine rings is 1. The predicted octanol–water partition coefficient (Wildman–Crippen LogP) is 3.66. The molecule has 3 heterocycles. The monoisotopic (exact) mass is 391 g/mol. The second kappa shape index (κ2) is 8.34. The van der Waals surface area contributed by atoms with Crippen molar-refractivity contribution in [2.45, 2.75) is 26.3 Å². The number of nitrogens with one attached hydrogen (secondary N) is 1. The Labute approximate surface area is 170 Å². The Kier molecular flexibility index (Phi) is 5.46. The molecule has 1 saturated heterocycles. The maximum atomic E-state index is 12.6. The van der Waals surface area contributed by atoms with E-state index in [1.807, 2.05) is 49.5 Å². The van der Waals surface area contributed by atoms with Gasteiger partial charge in [-0.15, -0.1) is 0 Å². The summed E-state index contributed by atoms with van der Waals surface area (Å²) in [7, 11) is 0. The van der Waals surface area contributed by atoms with Gasteiger partial charge >= 0.3 is 6.03 Å². The van der Waals surface area contributed by atoms with Crippen LogP contribution >= 0.6 is 0 Å². The van der Waals surface area contributed by atoms with Gasteiger partial charge in [0.25, 0.3) is 0 Å². The summed E-state index contributed by atoms with van der Waals surface area (Å²) in [5.41, 5.74) is 2.99. The van der Waals surface area contributed by atoms with Gasteiger partial charge in [-0.3, -0.25) is 4.98 Å². The van der Waals surface area contributed by atoms with Crippen LogP contribution in [0.1, 0.15) is 29.9 Å². The molecule has 2 amide bonds. The molecule has 7 heteroatoms. The molecule has 1 N–H and O–H groups in total. The minimum atomic E-state index is -0.114. The molecule has 150 valence electrons. The molecule has 1 aliphatic rings. The number of para-hydroxylation sites is 2. The summed E-state index contributed by atoms with van der Waals surface area (Å²) >= 11 is 0. The first-order valence-corrected chi connectivity index (χ1v) is 9.84. The van der Waals surface area contributed by atoms with Gasteiger partial charge in [-0.05, 0) is 43.7 Å². The number of anilines is 1. The molecule has 0 saturated carbocycles. The molecule has 1 aliphatic heterocycles. The fourth-order valence-electron chi connectivity index (χ4n) is 3.54. The van der Waals surface area contributed by atoms with Gasteiger partial charge in [-0.2, -0.15) is 0 Å². The van der Waals surface area contributed by atoms with E-state index in [4.69, 9.17) is 4.74 Å². The first-order valence-electron chi connectivity index (χ1n) is 9.84. The minimum Gasteiger partial charge on any atom is -0.492 e. The third-order valence-corrected chi connectivity index (χ3v) is 5.14. The Balaban J connectivity index is 1.40. The van der Waals surface area contributed by atoms with Crippen molar-refractivity contribution < 1.29 is 9.53 Å². The molecule has 0 spiro atoms. The Morgan fingerprint density at radius 3 is 2.72 bits per heavy atom. The Morgan fingerprint density at radius 1 is 1.21 bits per heavy atom. The van der Waals surface area contributed by atoms with Crippen molar-refractivity contribution in [3.8, 4) is 5.75 Å². The number of aryl methyl sites for hydroxylation is 1. The van der Waals surface area contributed by atoms with Crippen LogP contribution in [0.2, 0.25) is 0 Å². The zero-order valence-electron chi connectivity index (χ0n) is 16.7. The van der Waals surface area contributed by atoms with Crippen LogP contribution in [-0.4, -0.2) is 45.2 Å². The van der Waals surface area contributed by atoms with Crippen LogP contribution in [0, 0.1) is 6.92 Å². The normalized spacial score (nSPS) is 13.8. The van der Waals surface area contributed by atoms with Crippen LogP contribution in [0.4, 0.5) is 10.5 Å². The summed E-state index contributed by atoms with van der Waals surface area (Å²) in [5.74, 6) is 1.94. The number of likely N-dealkylation sites (tertiary alicyclic amines) is 1. The van der Waals surface area contributed by atoms with Crippen molar-refractivity contribution in [2.75, 3.05) is 25.0 Å². The lowest BCUT2D eigenvalue weighted by molar-refractivity contribution is 0.159. The van der Waals surface area contributed by atoms with E-state index in [0.29, 0.717) is 31.1 Å². The molecule has 3 aromatic rings. The number of hydrogen-bond acceptors (Lipinski definition) is 4. The van der Waals surface area contributed by atoms with Gasteiger partial charge in [0, 0.05) is 43.9 Å². The van der Waals surface area contributed by atoms with Crippen molar-refractivity contribution in [1.29, 1.82) is 0 Å². The fraction of sp³-hybridized carbons (Fsp3) is 0.318. The number of carbonyl (C=O) groups excluding carboxylic acids is 1.